The van der Waals surface area contributed by atoms with E-state index in [4.69, 9.17) is 10.3 Å². The number of likely N-dealkylation sites (tertiary alicyclic amines) is 1. The van der Waals surface area contributed by atoms with E-state index in [9.17, 15) is 0 Å². The molecule has 0 atom stereocenters. The molecule has 4 nitrogen and oxygen atoms in total. The minimum absolute atomic E-state index is 0.0975. The maximum absolute atomic E-state index is 8.96. The fraction of sp³-hybridized carbons (Fsp3) is 0.462. The molecule has 2 rings (SSSR count). The van der Waals surface area contributed by atoms with E-state index in [1.165, 1.54) is 5.56 Å². The minimum Gasteiger partial charge on any atom is -0.411 e. The van der Waals surface area contributed by atoms with Gasteiger partial charge in [0, 0.05) is 32.5 Å². The van der Waals surface area contributed by atoms with Gasteiger partial charge in [-0.15, -0.1) is 0 Å². The second-order valence-electron chi connectivity index (χ2n) is 4.42. The summed E-state index contributed by atoms with van der Waals surface area (Å²) < 4.78 is 0. The molecule has 1 aromatic rings. The third-order valence-corrected chi connectivity index (χ3v) is 3.19. The van der Waals surface area contributed by atoms with Gasteiger partial charge in [0.1, 0.15) is 0 Å². The van der Waals surface area contributed by atoms with Crippen molar-refractivity contribution in [1.29, 1.82) is 0 Å². The van der Waals surface area contributed by atoms with E-state index in [0.29, 0.717) is 0 Å². The van der Waals surface area contributed by atoms with Crippen LogP contribution in [0, 0.1) is 0 Å². The standard InChI is InChI=1S/C13H18N2O2/c16-10-12-3-1-11(2-4-12)9-15-7-5-13(14-17)6-8-15/h1-4,16-17H,5-10H2. The van der Waals surface area contributed by atoms with Crippen molar-refractivity contribution in [3.05, 3.63) is 35.4 Å². The molecular weight excluding hydrogens is 216 g/mol. The Balaban J connectivity index is 1.88. The predicted molar refractivity (Wildman–Crippen MR) is 66.1 cm³/mol. The lowest BCUT2D eigenvalue weighted by atomic mass is 10.1. The van der Waals surface area contributed by atoms with Gasteiger partial charge >= 0.3 is 0 Å². The number of oxime groups is 1. The zero-order valence-corrected chi connectivity index (χ0v) is 9.84. The van der Waals surface area contributed by atoms with Gasteiger partial charge in [-0.3, -0.25) is 4.90 Å². The number of piperidine rings is 1. The zero-order chi connectivity index (χ0) is 12.1. The average Bonchev–Trinajstić information content (AvgIpc) is 2.40. The highest BCUT2D eigenvalue weighted by molar-refractivity contribution is 5.84. The maximum Gasteiger partial charge on any atom is 0.0681 e. The number of aliphatic hydroxyl groups is 1. The molecule has 1 aliphatic heterocycles. The number of hydrogen-bond donors (Lipinski definition) is 2. The van der Waals surface area contributed by atoms with Crippen LogP contribution in [0.1, 0.15) is 24.0 Å². The van der Waals surface area contributed by atoms with Crippen molar-refractivity contribution in [1.82, 2.24) is 4.90 Å². The molecular formula is C13H18N2O2. The van der Waals surface area contributed by atoms with Gasteiger partial charge in [0.2, 0.25) is 0 Å². The smallest absolute Gasteiger partial charge is 0.0681 e. The van der Waals surface area contributed by atoms with Crippen molar-refractivity contribution in [3.63, 3.8) is 0 Å². The van der Waals surface area contributed by atoms with E-state index in [0.717, 1.165) is 43.8 Å². The second kappa shape index (κ2) is 5.80. The van der Waals surface area contributed by atoms with Crippen LogP contribution in [0.15, 0.2) is 29.4 Å². The lowest BCUT2D eigenvalue weighted by Gasteiger charge is -2.26. The van der Waals surface area contributed by atoms with Crippen LogP contribution in [0.4, 0.5) is 0 Å². The van der Waals surface area contributed by atoms with Crippen LogP contribution in [0.25, 0.3) is 0 Å². The Bertz CT molecular complexity index is 377. The SMILES string of the molecule is OCc1ccc(CN2CCC(=NO)CC2)cc1. The fourth-order valence-electron chi connectivity index (χ4n) is 2.08. The zero-order valence-electron chi connectivity index (χ0n) is 9.84. The van der Waals surface area contributed by atoms with Crippen molar-refractivity contribution in [2.24, 2.45) is 5.16 Å². The summed E-state index contributed by atoms with van der Waals surface area (Å²) in [4.78, 5) is 2.35. The summed E-state index contributed by atoms with van der Waals surface area (Å²) >= 11 is 0. The van der Waals surface area contributed by atoms with Gasteiger partial charge < -0.3 is 10.3 Å². The Hall–Kier alpha value is -1.39. The van der Waals surface area contributed by atoms with Gasteiger partial charge in [0.15, 0.2) is 0 Å². The molecule has 1 aromatic carbocycles. The first-order valence-electron chi connectivity index (χ1n) is 5.92. The Labute approximate surface area is 101 Å². The third-order valence-electron chi connectivity index (χ3n) is 3.19. The Morgan fingerprint density at radius 3 is 2.18 bits per heavy atom. The van der Waals surface area contributed by atoms with Crippen molar-refractivity contribution in [2.45, 2.75) is 26.0 Å². The highest BCUT2D eigenvalue weighted by atomic mass is 16.4. The minimum atomic E-state index is 0.0975. The topological polar surface area (TPSA) is 56.1 Å². The monoisotopic (exact) mass is 234 g/mol. The van der Waals surface area contributed by atoms with Gasteiger partial charge in [-0.05, 0) is 11.1 Å². The van der Waals surface area contributed by atoms with Crippen molar-refractivity contribution in [2.75, 3.05) is 13.1 Å². The van der Waals surface area contributed by atoms with E-state index in [1.54, 1.807) is 0 Å². The summed E-state index contributed by atoms with van der Waals surface area (Å²) in [5, 5.41) is 20.9. The molecule has 1 aliphatic rings. The molecule has 0 unspecified atom stereocenters. The first-order valence-corrected chi connectivity index (χ1v) is 5.92. The molecule has 1 fully saturated rings. The quantitative estimate of drug-likeness (QED) is 0.617. The summed E-state index contributed by atoms with van der Waals surface area (Å²) in [6.07, 6.45) is 1.70. The summed E-state index contributed by atoms with van der Waals surface area (Å²) in [6, 6.07) is 8.03. The molecule has 2 N–H and O–H groups in total. The van der Waals surface area contributed by atoms with E-state index in [-0.39, 0.29) is 6.61 Å². The molecule has 92 valence electrons. The van der Waals surface area contributed by atoms with Gasteiger partial charge in [0.05, 0.1) is 12.3 Å². The molecule has 0 aliphatic carbocycles. The van der Waals surface area contributed by atoms with Gasteiger partial charge in [-0.1, -0.05) is 29.4 Å². The van der Waals surface area contributed by atoms with E-state index < -0.39 is 0 Å². The molecule has 0 bridgehead atoms. The molecule has 17 heavy (non-hydrogen) atoms. The van der Waals surface area contributed by atoms with Gasteiger partial charge in [-0.2, -0.15) is 0 Å². The first kappa shape index (κ1) is 12.1. The highest BCUT2D eigenvalue weighted by Gasteiger charge is 2.15. The molecule has 0 aromatic heterocycles. The highest BCUT2D eigenvalue weighted by Crippen LogP contribution is 2.12. The molecule has 0 spiro atoms. The first-order chi connectivity index (χ1) is 8.31. The predicted octanol–water partition coefficient (Wildman–Crippen LogP) is 1.60. The maximum atomic E-state index is 8.96. The van der Waals surface area contributed by atoms with Crippen LogP contribution < -0.4 is 0 Å². The molecule has 4 heteroatoms. The van der Waals surface area contributed by atoms with Crippen LogP contribution in [0.3, 0.4) is 0 Å². The third kappa shape index (κ3) is 3.28. The Kier molecular flexibility index (Phi) is 4.12. The fourth-order valence-corrected chi connectivity index (χ4v) is 2.08. The number of benzene rings is 1. The molecule has 1 heterocycles. The summed E-state index contributed by atoms with van der Waals surface area (Å²) in [7, 11) is 0. The Morgan fingerprint density at radius 1 is 1.06 bits per heavy atom. The lowest BCUT2D eigenvalue weighted by Crippen LogP contribution is -2.33. The van der Waals surface area contributed by atoms with Crippen molar-refractivity contribution >= 4 is 5.71 Å². The Morgan fingerprint density at radius 2 is 1.65 bits per heavy atom. The summed E-state index contributed by atoms with van der Waals surface area (Å²) in [6.45, 7) is 2.91. The number of hydrogen-bond acceptors (Lipinski definition) is 4. The molecule has 0 radical (unpaired) electrons. The van der Waals surface area contributed by atoms with Crippen LogP contribution in [-0.2, 0) is 13.2 Å². The second-order valence-corrected chi connectivity index (χ2v) is 4.42. The van der Waals surface area contributed by atoms with Crippen molar-refractivity contribution < 1.29 is 10.3 Å². The van der Waals surface area contributed by atoms with E-state index in [2.05, 4.69) is 22.2 Å². The van der Waals surface area contributed by atoms with Crippen molar-refractivity contribution in [3.8, 4) is 0 Å². The number of rotatable bonds is 3. The van der Waals surface area contributed by atoms with E-state index >= 15 is 0 Å². The summed E-state index contributed by atoms with van der Waals surface area (Å²) in [5.74, 6) is 0. The summed E-state index contributed by atoms with van der Waals surface area (Å²) in [5.41, 5.74) is 3.10. The van der Waals surface area contributed by atoms with Gasteiger partial charge in [0.25, 0.3) is 0 Å². The molecule has 0 saturated carbocycles. The van der Waals surface area contributed by atoms with Crippen LogP contribution in [-0.4, -0.2) is 34.0 Å². The molecule has 1 saturated heterocycles. The molecule has 0 amide bonds. The lowest BCUT2D eigenvalue weighted by molar-refractivity contribution is 0.256. The van der Waals surface area contributed by atoms with Gasteiger partial charge in [-0.25, -0.2) is 0 Å². The number of aliphatic hydroxyl groups excluding tert-OH is 1. The number of nitrogens with zero attached hydrogens (tertiary/aromatic N) is 2. The van der Waals surface area contributed by atoms with E-state index in [1.807, 2.05) is 12.1 Å². The van der Waals surface area contributed by atoms with Crippen LogP contribution >= 0.6 is 0 Å². The van der Waals surface area contributed by atoms with Crippen LogP contribution in [0.5, 0.6) is 0 Å². The average molecular weight is 234 g/mol. The largest absolute Gasteiger partial charge is 0.411 e. The normalized spacial score (nSPS) is 17.1. The van der Waals surface area contributed by atoms with Crippen LogP contribution in [0.2, 0.25) is 0 Å².